The third-order valence-corrected chi connectivity index (χ3v) is 6.32. The van der Waals surface area contributed by atoms with Gasteiger partial charge in [-0.05, 0) is 46.9 Å². The van der Waals surface area contributed by atoms with Crippen LogP contribution in [0.25, 0.3) is 0 Å². The molecule has 1 fully saturated rings. The van der Waals surface area contributed by atoms with Crippen molar-refractivity contribution in [1.29, 1.82) is 0 Å². The molecule has 1 N–H and O–H groups in total. The normalized spacial score (nSPS) is 29.4. The number of carbonyl (C=O) groups is 2. The van der Waals surface area contributed by atoms with Crippen molar-refractivity contribution in [3.63, 3.8) is 0 Å². The molecule has 0 bridgehead atoms. The van der Waals surface area contributed by atoms with Crippen LogP contribution in [0.2, 0.25) is 0 Å². The number of benzene rings is 1. The smallest absolute Gasteiger partial charge is 0.163 e. The lowest BCUT2D eigenvalue weighted by Gasteiger charge is -2.52. The van der Waals surface area contributed by atoms with Crippen molar-refractivity contribution in [3.05, 3.63) is 28.8 Å². The number of Topliss-reactive ketones (excluding diaryl/α,β-unsaturated/α-hetero) is 2. The number of fused-ring (bicyclic) bond motifs is 3. The van der Waals surface area contributed by atoms with Gasteiger partial charge in [0.1, 0.15) is 11.5 Å². The lowest BCUT2D eigenvalue weighted by molar-refractivity contribution is -0.136. The molecule has 3 nitrogen and oxygen atoms in total. The maximum absolute atomic E-state index is 12.8. The van der Waals surface area contributed by atoms with Crippen molar-refractivity contribution >= 4 is 11.6 Å². The van der Waals surface area contributed by atoms with Crippen molar-refractivity contribution in [1.82, 2.24) is 0 Å². The van der Waals surface area contributed by atoms with Gasteiger partial charge >= 0.3 is 0 Å². The van der Waals surface area contributed by atoms with Crippen molar-refractivity contribution in [2.75, 3.05) is 0 Å². The van der Waals surface area contributed by atoms with Crippen LogP contribution in [0, 0.1) is 11.3 Å². The van der Waals surface area contributed by atoms with E-state index in [4.69, 9.17) is 0 Å². The molecule has 0 aliphatic heterocycles. The van der Waals surface area contributed by atoms with Crippen LogP contribution in [0.5, 0.6) is 5.75 Å². The first-order chi connectivity index (χ1) is 10.6. The van der Waals surface area contributed by atoms with Gasteiger partial charge in [-0.25, -0.2) is 0 Å². The quantitative estimate of drug-likeness (QED) is 0.837. The first kappa shape index (κ1) is 16.2. The molecular weight excluding hydrogens is 288 g/mol. The lowest BCUT2D eigenvalue weighted by atomic mass is 9.49. The second-order valence-corrected chi connectivity index (χ2v) is 8.35. The molecule has 0 amide bonds. The molecule has 3 heteroatoms. The molecule has 0 radical (unpaired) electrons. The number of rotatable bonds is 1. The molecule has 2 aliphatic carbocycles. The number of ketones is 2. The lowest BCUT2D eigenvalue weighted by Crippen LogP contribution is -2.53. The fourth-order valence-electron chi connectivity index (χ4n) is 4.73. The molecule has 1 saturated carbocycles. The number of carbonyl (C=O) groups excluding carboxylic acids is 2. The zero-order valence-corrected chi connectivity index (χ0v) is 14.7. The predicted octanol–water partition coefficient (Wildman–Crippen LogP) is 4.37. The number of phenolic OH excluding ortho intramolecular Hbond substituents is 1. The van der Waals surface area contributed by atoms with Crippen LogP contribution in [-0.2, 0) is 10.2 Å². The number of hydrogen-bond donors (Lipinski definition) is 1. The summed E-state index contributed by atoms with van der Waals surface area (Å²) in [5.74, 6) is 0.790. The summed E-state index contributed by atoms with van der Waals surface area (Å²) in [5.41, 5.74) is 1.78. The molecule has 1 aromatic carbocycles. The second kappa shape index (κ2) is 4.93. The van der Waals surface area contributed by atoms with Gasteiger partial charge in [0.2, 0.25) is 0 Å². The van der Waals surface area contributed by atoms with Crippen LogP contribution in [0.15, 0.2) is 12.1 Å². The summed E-state index contributed by atoms with van der Waals surface area (Å²) in [6, 6.07) is 3.67. The van der Waals surface area contributed by atoms with E-state index in [-0.39, 0.29) is 34.6 Å². The Balaban J connectivity index is 2.22. The van der Waals surface area contributed by atoms with E-state index in [0.29, 0.717) is 12.8 Å². The molecule has 2 atom stereocenters. The third kappa shape index (κ3) is 2.16. The van der Waals surface area contributed by atoms with E-state index in [1.165, 1.54) is 0 Å². The van der Waals surface area contributed by atoms with Gasteiger partial charge in [-0.3, -0.25) is 9.59 Å². The number of phenols is 1. The van der Waals surface area contributed by atoms with Gasteiger partial charge in [-0.15, -0.1) is 0 Å². The van der Waals surface area contributed by atoms with E-state index in [1.807, 2.05) is 33.8 Å². The Kier molecular flexibility index (Phi) is 3.48. The molecule has 2 aliphatic rings. The Bertz CT molecular complexity index is 699. The molecule has 3 rings (SSSR count). The molecule has 124 valence electrons. The molecule has 23 heavy (non-hydrogen) atoms. The van der Waals surface area contributed by atoms with E-state index < -0.39 is 5.41 Å². The minimum absolute atomic E-state index is 0.000509. The molecule has 0 spiro atoms. The van der Waals surface area contributed by atoms with E-state index >= 15 is 0 Å². The van der Waals surface area contributed by atoms with Gasteiger partial charge in [0, 0.05) is 23.8 Å². The fourth-order valence-corrected chi connectivity index (χ4v) is 4.73. The van der Waals surface area contributed by atoms with Crippen LogP contribution in [0.1, 0.15) is 81.3 Å². The SMILES string of the molecule is CC(C)c1cc2c(cc1O)C1(C)CCC(=O)C(C)(C)C1CC2=O. The van der Waals surface area contributed by atoms with Gasteiger partial charge in [-0.2, -0.15) is 0 Å². The summed E-state index contributed by atoms with van der Waals surface area (Å²) < 4.78 is 0. The van der Waals surface area contributed by atoms with Crippen molar-refractivity contribution in [3.8, 4) is 5.75 Å². The van der Waals surface area contributed by atoms with Gasteiger partial charge in [-0.1, -0.05) is 34.6 Å². The van der Waals surface area contributed by atoms with Crippen LogP contribution < -0.4 is 0 Å². The Morgan fingerprint density at radius 1 is 1.17 bits per heavy atom. The van der Waals surface area contributed by atoms with E-state index in [9.17, 15) is 14.7 Å². The molecule has 1 aromatic rings. The van der Waals surface area contributed by atoms with Crippen LogP contribution in [0.4, 0.5) is 0 Å². The highest BCUT2D eigenvalue weighted by molar-refractivity contribution is 6.01. The predicted molar refractivity (Wildman–Crippen MR) is 90.0 cm³/mol. The van der Waals surface area contributed by atoms with Gasteiger partial charge in [0.25, 0.3) is 0 Å². The second-order valence-electron chi connectivity index (χ2n) is 8.35. The molecule has 0 saturated heterocycles. The summed E-state index contributed by atoms with van der Waals surface area (Å²) in [7, 11) is 0. The monoisotopic (exact) mass is 314 g/mol. The Labute approximate surface area is 138 Å². The van der Waals surface area contributed by atoms with Gasteiger partial charge < -0.3 is 5.11 Å². The third-order valence-electron chi connectivity index (χ3n) is 6.32. The summed E-state index contributed by atoms with van der Waals surface area (Å²) in [6.45, 7) is 10.1. The van der Waals surface area contributed by atoms with Crippen LogP contribution in [0.3, 0.4) is 0 Å². The zero-order valence-electron chi connectivity index (χ0n) is 14.7. The number of hydrogen-bond acceptors (Lipinski definition) is 3. The fraction of sp³-hybridized carbons (Fsp3) is 0.600. The van der Waals surface area contributed by atoms with Crippen LogP contribution in [-0.4, -0.2) is 16.7 Å². The summed E-state index contributed by atoms with van der Waals surface area (Å²) in [5, 5.41) is 10.4. The topological polar surface area (TPSA) is 54.4 Å². The van der Waals surface area contributed by atoms with E-state index in [1.54, 1.807) is 6.07 Å². The maximum atomic E-state index is 12.8. The average molecular weight is 314 g/mol. The first-order valence-electron chi connectivity index (χ1n) is 8.53. The minimum Gasteiger partial charge on any atom is -0.508 e. The highest BCUT2D eigenvalue weighted by atomic mass is 16.3. The van der Waals surface area contributed by atoms with Crippen LogP contribution >= 0.6 is 0 Å². The van der Waals surface area contributed by atoms with Gasteiger partial charge in [0.05, 0.1) is 0 Å². The molecule has 0 heterocycles. The largest absolute Gasteiger partial charge is 0.508 e. The number of aromatic hydroxyl groups is 1. The molecule has 0 aromatic heterocycles. The van der Waals surface area contributed by atoms with Crippen molar-refractivity contribution < 1.29 is 14.7 Å². The van der Waals surface area contributed by atoms with Crippen molar-refractivity contribution in [2.24, 2.45) is 11.3 Å². The maximum Gasteiger partial charge on any atom is 0.163 e. The Hall–Kier alpha value is -1.64. The highest BCUT2D eigenvalue weighted by Gasteiger charge is 2.55. The molecular formula is C20H26O3. The first-order valence-corrected chi connectivity index (χ1v) is 8.53. The summed E-state index contributed by atoms with van der Waals surface area (Å²) >= 11 is 0. The Morgan fingerprint density at radius 2 is 1.83 bits per heavy atom. The highest BCUT2D eigenvalue weighted by Crippen LogP contribution is 2.56. The average Bonchev–Trinajstić information content (AvgIpc) is 2.46. The van der Waals surface area contributed by atoms with Gasteiger partial charge in [0.15, 0.2) is 5.78 Å². The standard InChI is InChI=1S/C20H26O3/c1-11(2)12-8-13-14(9-15(12)21)20(5)7-6-18(23)19(3,4)17(20)10-16(13)22/h8-9,11,17,21H,6-7,10H2,1-5H3. The zero-order chi connectivity index (χ0) is 17.2. The minimum atomic E-state index is -0.493. The summed E-state index contributed by atoms with van der Waals surface area (Å²) in [4.78, 5) is 25.2. The Morgan fingerprint density at radius 3 is 2.43 bits per heavy atom. The molecule has 2 unspecified atom stereocenters. The summed E-state index contributed by atoms with van der Waals surface area (Å²) in [6.07, 6.45) is 1.71. The van der Waals surface area contributed by atoms with Crippen molar-refractivity contribution in [2.45, 2.75) is 65.2 Å². The van der Waals surface area contributed by atoms with E-state index in [2.05, 4.69) is 6.92 Å². The van der Waals surface area contributed by atoms with E-state index in [0.717, 1.165) is 23.1 Å².